The van der Waals surface area contributed by atoms with Gasteiger partial charge in [0.05, 0.1) is 0 Å². The normalized spacial score (nSPS) is 13.6. The summed E-state index contributed by atoms with van der Waals surface area (Å²) in [5.74, 6) is -0.746. The average Bonchev–Trinajstić information content (AvgIpc) is 2.39. The molecule has 116 valence electrons. The molecule has 1 unspecified atom stereocenters. The van der Waals surface area contributed by atoms with Crippen molar-refractivity contribution in [1.82, 2.24) is 5.32 Å². The Morgan fingerprint density at radius 3 is 2.29 bits per heavy atom. The average molecular weight is 358 g/mol. The Balaban J connectivity index is 2.60. The van der Waals surface area contributed by atoms with Crippen molar-refractivity contribution in [2.75, 3.05) is 0 Å². The van der Waals surface area contributed by atoms with Crippen LogP contribution in [0.2, 0.25) is 0 Å². The summed E-state index contributed by atoms with van der Waals surface area (Å²) < 4.78 is 6.40. The first-order valence-corrected chi connectivity index (χ1v) is 7.54. The minimum atomic E-state index is -1.03. The lowest BCUT2D eigenvalue weighted by atomic mass is 10.0. The van der Waals surface area contributed by atoms with Crippen molar-refractivity contribution in [3.05, 3.63) is 28.7 Å². The van der Waals surface area contributed by atoms with Crippen LogP contribution < -0.4 is 10.1 Å². The molecule has 2 atom stereocenters. The van der Waals surface area contributed by atoms with Crippen molar-refractivity contribution in [2.24, 2.45) is 5.92 Å². The monoisotopic (exact) mass is 357 g/mol. The molecule has 0 fully saturated rings. The van der Waals surface area contributed by atoms with E-state index in [2.05, 4.69) is 21.2 Å². The van der Waals surface area contributed by atoms with Gasteiger partial charge >= 0.3 is 5.97 Å². The number of carboxylic acid groups (broad SMARTS) is 1. The minimum absolute atomic E-state index is 0.175. The molecule has 6 heteroatoms. The second-order valence-corrected chi connectivity index (χ2v) is 6.16. The first-order valence-electron chi connectivity index (χ1n) is 6.75. The van der Waals surface area contributed by atoms with Gasteiger partial charge in [-0.05, 0) is 43.5 Å². The van der Waals surface area contributed by atoms with Crippen molar-refractivity contribution in [1.29, 1.82) is 0 Å². The molecule has 0 saturated carbocycles. The predicted octanol–water partition coefficient (Wildman–Crippen LogP) is 2.83. The SMILES string of the molecule is CC(C)C[C@@H](NC(=O)C(C)Oc1ccc(Br)cc1)C(=O)O. The third-order valence-corrected chi connectivity index (χ3v) is 3.35. The zero-order valence-electron chi connectivity index (χ0n) is 12.3. The highest BCUT2D eigenvalue weighted by Crippen LogP contribution is 2.17. The van der Waals surface area contributed by atoms with E-state index in [9.17, 15) is 9.59 Å². The highest BCUT2D eigenvalue weighted by molar-refractivity contribution is 9.10. The largest absolute Gasteiger partial charge is 0.481 e. The Bertz CT molecular complexity index is 487. The zero-order valence-corrected chi connectivity index (χ0v) is 13.9. The van der Waals surface area contributed by atoms with E-state index in [1.165, 1.54) is 0 Å². The molecule has 1 aromatic carbocycles. The van der Waals surface area contributed by atoms with E-state index in [1.807, 2.05) is 13.8 Å². The molecular weight excluding hydrogens is 338 g/mol. The standard InChI is InChI=1S/C15H20BrNO4/c1-9(2)8-13(15(19)20)17-14(18)10(3)21-12-6-4-11(16)5-7-12/h4-7,9-10,13H,8H2,1-3H3,(H,17,18)(H,19,20)/t10?,13-/m1/s1. The van der Waals surface area contributed by atoms with E-state index in [1.54, 1.807) is 31.2 Å². The molecule has 5 nitrogen and oxygen atoms in total. The molecule has 0 saturated heterocycles. The van der Waals surface area contributed by atoms with E-state index in [0.717, 1.165) is 4.47 Å². The molecule has 0 heterocycles. The number of hydrogen-bond acceptors (Lipinski definition) is 3. The summed E-state index contributed by atoms with van der Waals surface area (Å²) in [5, 5.41) is 11.6. The van der Waals surface area contributed by atoms with Crippen LogP contribution in [0.4, 0.5) is 0 Å². The van der Waals surface area contributed by atoms with Crippen LogP contribution in [0.15, 0.2) is 28.7 Å². The molecule has 0 aliphatic heterocycles. The molecule has 0 bridgehead atoms. The number of ether oxygens (including phenoxy) is 1. The first-order chi connectivity index (χ1) is 9.79. The molecule has 2 N–H and O–H groups in total. The van der Waals surface area contributed by atoms with Gasteiger partial charge < -0.3 is 15.2 Å². The predicted molar refractivity (Wildman–Crippen MR) is 83.3 cm³/mol. The van der Waals surface area contributed by atoms with Crippen molar-refractivity contribution in [3.63, 3.8) is 0 Å². The Morgan fingerprint density at radius 1 is 1.24 bits per heavy atom. The van der Waals surface area contributed by atoms with Gasteiger partial charge in [0.2, 0.25) is 0 Å². The molecule has 1 aromatic rings. The third-order valence-electron chi connectivity index (χ3n) is 2.82. The van der Waals surface area contributed by atoms with Crippen LogP contribution in [0.1, 0.15) is 27.2 Å². The van der Waals surface area contributed by atoms with Gasteiger partial charge in [-0.2, -0.15) is 0 Å². The second kappa shape index (κ2) is 8.02. The van der Waals surface area contributed by atoms with E-state index < -0.39 is 24.0 Å². The Labute approximate surface area is 132 Å². The number of halogens is 1. The number of carbonyl (C=O) groups is 2. The summed E-state index contributed by atoms with van der Waals surface area (Å²) in [6.07, 6.45) is -0.383. The van der Waals surface area contributed by atoms with Crippen molar-refractivity contribution in [2.45, 2.75) is 39.3 Å². The molecule has 0 aromatic heterocycles. The Kier molecular flexibility index (Phi) is 6.68. The quantitative estimate of drug-likeness (QED) is 0.786. The fraction of sp³-hybridized carbons (Fsp3) is 0.467. The Morgan fingerprint density at radius 2 is 1.81 bits per heavy atom. The maximum Gasteiger partial charge on any atom is 0.326 e. The van der Waals surface area contributed by atoms with Gasteiger partial charge in [-0.25, -0.2) is 4.79 Å². The minimum Gasteiger partial charge on any atom is -0.481 e. The summed E-state index contributed by atoms with van der Waals surface area (Å²) in [7, 11) is 0. The van der Waals surface area contributed by atoms with Crippen LogP contribution in [0, 0.1) is 5.92 Å². The maximum absolute atomic E-state index is 12.0. The molecule has 1 rings (SSSR count). The highest BCUT2D eigenvalue weighted by Gasteiger charge is 2.24. The van der Waals surface area contributed by atoms with Gasteiger partial charge in [-0.15, -0.1) is 0 Å². The van der Waals surface area contributed by atoms with Crippen molar-refractivity contribution < 1.29 is 19.4 Å². The van der Waals surface area contributed by atoms with E-state index >= 15 is 0 Å². The van der Waals surface area contributed by atoms with Gasteiger partial charge in [-0.1, -0.05) is 29.8 Å². The molecule has 0 radical (unpaired) electrons. The van der Waals surface area contributed by atoms with Gasteiger partial charge in [-0.3, -0.25) is 4.79 Å². The van der Waals surface area contributed by atoms with Gasteiger partial charge in [0.15, 0.2) is 6.10 Å². The van der Waals surface area contributed by atoms with Crippen LogP contribution in [0.5, 0.6) is 5.75 Å². The summed E-state index contributed by atoms with van der Waals surface area (Å²) in [6, 6.07) is 6.18. The first kappa shape index (κ1) is 17.5. The number of carbonyl (C=O) groups excluding carboxylic acids is 1. The smallest absolute Gasteiger partial charge is 0.326 e. The van der Waals surface area contributed by atoms with E-state index in [0.29, 0.717) is 12.2 Å². The van der Waals surface area contributed by atoms with Gasteiger partial charge in [0, 0.05) is 4.47 Å². The fourth-order valence-electron chi connectivity index (χ4n) is 1.75. The topological polar surface area (TPSA) is 75.6 Å². The van der Waals surface area contributed by atoms with Crippen molar-refractivity contribution in [3.8, 4) is 5.75 Å². The Hall–Kier alpha value is -1.56. The fourth-order valence-corrected chi connectivity index (χ4v) is 2.02. The van der Waals surface area contributed by atoms with Crippen LogP contribution in [-0.4, -0.2) is 29.1 Å². The summed E-state index contributed by atoms with van der Waals surface area (Å²) >= 11 is 3.31. The number of benzene rings is 1. The molecular formula is C15H20BrNO4. The van der Waals surface area contributed by atoms with E-state index in [-0.39, 0.29) is 5.92 Å². The number of nitrogens with one attached hydrogen (secondary N) is 1. The summed E-state index contributed by atoms with van der Waals surface area (Å²) in [4.78, 5) is 23.1. The van der Waals surface area contributed by atoms with Crippen molar-refractivity contribution >= 4 is 27.8 Å². The van der Waals surface area contributed by atoms with Gasteiger partial charge in [0.1, 0.15) is 11.8 Å². The number of rotatable bonds is 7. The lowest BCUT2D eigenvalue weighted by Gasteiger charge is -2.20. The molecule has 0 aliphatic carbocycles. The molecule has 1 amide bonds. The number of carboxylic acids is 1. The highest BCUT2D eigenvalue weighted by atomic mass is 79.9. The zero-order chi connectivity index (χ0) is 16.0. The van der Waals surface area contributed by atoms with Crippen LogP contribution in [-0.2, 0) is 9.59 Å². The summed E-state index contributed by atoms with van der Waals surface area (Å²) in [6.45, 7) is 5.40. The second-order valence-electron chi connectivity index (χ2n) is 5.24. The molecule has 0 aliphatic rings. The summed E-state index contributed by atoms with van der Waals surface area (Å²) in [5.41, 5.74) is 0. The molecule has 0 spiro atoms. The van der Waals surface area contributed by atoms with Gasteiger partial charge in [0.25, 0.3) is 5.91 Å². The third kappa shape index (κ3) is 6.16. The lowest BCUT2D eigenvalue weighted by molar-refractivity contribution is -0.143. The number of aliphatic carboxylic acids is 1. The van der Waals surface area contributed by atoms with Crippen LogP contribution >= 0.6 is 15.9 Å². The number of hydrogen-bond donors (Lipinski definition) is 2. The maximum atomic E-state index is 12.0. The molecule has 21 heavy (non-hydrogen) atoms. The van der Waals surface area contributed by atoms with Crippen LogP contribution in [0.25, 0.3) is 0 Å². The van der Waals surface area contributed by atoms with Crippen LogP contribution in [0.3, 0.4) is 0 Å². The number of amides is 1. The van der Waals surface area contributed by atoms with E-state index in [4.69, 9.17) is 9.84 Å². The lowest BCUT2D eigenvalue weighted by Crippen LogP contribution is -2.46.